The van der Waals surface area contributed by atoms with Crippen molar-refractivity contribution in [2.75, 3.05) is 26.8 Å². The van der Waals surface area contributed by atoms with Gasteiger partial charge in [-0.2, -0.15) is 0 Å². The van der Waals surface area contributed by atoms with Gasteiger partial charge in [-0.3, -0.25) is 4.79 Å². The maximum absolute atomic E-state index is 11.8. The van der Waals surface area contributed by atoms with Crippen molar-refractivity contribution in [2.24, 2.45) is 5.73 Å². The zero-order chi connectivity index (χ0) is 12.4. The van der Waals surface area contributed by atoms with Crippen LogP contribution in [0.5, 0.6) is 0 Å². The molecule has 2 aliphatic heterocycles. The number of rotatable bonds is 3. The molecule has 0 saturated carbocycles. The molecule has 1 fully saturated rings. The van der Waals surface area contributed by atoms with Crippen molar-refractivity contribution in [2.45, 2.75) is 18.9 Å². The Morgan fingerprint density at radius 3 is 3.00 bits per heavy atom. The molecule has 0 radical (unpaired) electrons. The SMILES string of the molecule is COC(=O)C1=C(N)C(=O)N(CC2CCCO2)C1. The van der Waals surface area contributed by atoms with E-state index in [0.29, 0.717) is 6.54 Å². The summed E-state index contributed by atoms with van der Waals surface area (Å²) < 4.78 is 10.0. The van der Waals surface area contributed by atoms with Gasteiger partial charge in [0.2, 0.25) is 0 Å². The summed E-state index contributed by atoms with van der Waals surface area (Å²) in [6, 6.07) is 0. The first-order chi connectivity index (χ1) is 8.13. The molecule has 2 N–H and O–H groups in total. The molecule has 6 nitrogen and oxygen atoms in total. The van der Waals surface area contributed by atoms with Gasteiger partial charge in [0.1, 0.15) is 5.70 Å². The maximum Gasteiger partial charge on any atom is 0.337 e. The van der Waals surface area contributed by atoms with Crippen LogP contribution >= 0.6 is 0 Å². The number of ether oxygens (including phenoxy) is 2. The van der Waals surface area contributed by atoms with Crippen molar-refractivity contribution in [1.29, 1.82) is 0 Å². The number of hydrogen-bond donors (Lipinski definition) is 1. The second-order valence-electron chi connectivity index (χ2n) is 4.20. The van der Waals surface area contributed by atoms with Gasteiger partial charge in [0.05, 0.1) is 25.3 Å². The van der Waals surface area contributed by atoms with Crippen molar-refractivity contribution in [1.82, 2.24) is 4.90 Å². The normalized spacial score (nSPS) is 24.6. The number of nitrogens with zero attached hydrogens (tertiary/aromatic N) is 1. The zero-order valence-electron chi connectivity index (χ0n) is 9.77. The Kier molecular flexibility index (Phi) is 3.33. The van der Waals surface area contributed by atoms with Crippen molar-refractivity contribution in [3.8, 4) is 0 Å². The highest BCUT2D eigenvalue weighted by molar-refractivity contribution is 6.06. The molecule has 1 amide bonds. The summed E-state index contributed by atoms with van der Waals surface area (Å²) in [6.07, 6.45) is 2.01. The minimum Gasteiger partial charge on any atom is -0.466 e. The number of esters is 1. The highest BCUT2D eigenvalue weighted by Crippen LogP contribution is 2.20. The van der Waals surface area contributed by atoms with Crippen LogP contribution in [0.4, 0.5) is 0 Å². The standard InChI is InChI=1S/C11H16N2O4/c1-16-11(15)8-6-13(10(14)9(8)12)5-7-3-2-4-17-7/h7H,2-6,12H2,1H3. The van der Waals surface area contributed by atoms with Gasteiger partial charge >= 0.3 is 5.97 Å². The van der Waals surface area contributed by atoms with E-state index in [2.05, 4.69) is 4.74 Å². The fraction of sp³-hybridized carbons (Fsp3) is 0.636. The molecule has 0 spiro atoms. The largest absolute Gasteiger partial charge is 0.466 e. The average molecular weight is 240 g/mol. The molecule has 0 aliphatic carbocycles. The van der Waals surface area contributed by atoms with Gasteiger partial charge < -0.3 is 20.1 Å². The molecule has 1 saturated heterocycles. The molecule has 0 aromatic heterocycles. The Hall–Kier alpha value is -1.56. The summed E-state index contributed by atoms with van der Waals surface area (Å²) in [6.45, 7) is 1.44. The van der Waals surface area contributed by atoms with Crippen molar-refractivity contribution in [3.63, 3.8) is 0 Å². The van der Waals surface area contributed by atoms with E-state index in [4.69, 9.17) is 10.5 Å². The molecule has 6 heteroatoms. The lowest BCUT2D eigenvalue weighted by Crippen LogP contribution is -2.35. The minimum absolute atomic E-state index is 0.00477. The number of nitrogens with two attached hydrogens (primary N) is 1. The molecule has 1 unspecified atom stereocenters. The van der Waals surface area contributed by atoms with Crippen LogP contribution < -0.4 is 5.73 Å². The number of amides is 1. The molecule has 2 heterocycles. The lowest BCUT2D eigenvalue weighted by molar-refractivity contribution is -0.136. The van der Waals surface area contributed by atoms with E-state index in [1.165, 1.54) is 12.0 Å². The first-order valence-electron chi connectivity index (χ1n) is 5.61. The number of carbonyl (C=O) groups excluding carboxylic acids is 2. The van der Waals surface area contributed by atoms with Crippen LogP contribution in [0, 0.1) is 0 Å². The van der Waals surface area contributed by atoms with Crippen LogP contribution in [0.15, 0.2) is 11.3 Å². The van der Waals surface area contributed by atoms with Gasteiger partial charge in [-0.25, -0.2) is 4.79 Å². The second kappa shape index (κ2) is 4.75. The third-order valence-electron chi connectivity index (χ3n) is 3.07. The third kappa shape index (κ3) is 2.26. The molecule has 0 aromatic carbocycles. The van der Waals surface area contributed by atoms with Gasteiger partial charge in [-0.05, 0) is 12.8 Å². The Morgan fingerprint density at radius 2 is 2.41 bits per heavy atom. The van der Waals surface area contributed by atoms with Gasteiger partial charge in [-0.15, -0.1) is 0 Å². The fourth-order valence-electron chi connectivity index (χ4n) is 2.13. The molecule has 2 aliphatic rings. The molecular weight excluding hydrogens is 224 g/mol. The maximum atomic E-state index is 11.8. The summed E-state index contributed by atoms with van der Waals surface area (Å²) in [7, 11) is 1.27. The van der Waals surface area contributed by atoms with E-state index in [0.717, 1.165) is 19.4 Å². The molecule has 0 bridgehead atoms. The van der Waals surface area contributed by atoms with Gasteiger partial charge in [0, 0.05) is 13.2 Å². The van der Waals surface area contributed by atoms with Crippen LogP contribution in [0.1, 0.15) is 12.8 Å². The molecule has 94 valence electrons. The van der Waals surface area contributed by atoms with Crippen LogP contribution in [-0.4, -0.2) is 49.7 Å². The van der Waals surface area contributed by atoms with Crippen LogP contribution in [0.3, 0.4) is 0 Å². The molecule has 2 rings (SSSR count). The molecule has 17 heavy (non-hydrogen) atoms. The van der Waals surface area contributed by atoms with Gasteiger partial charge in [-0.1, -0.05) is 0 Å². The van der Waals surface area contributed by atoms with E-state index >= 15 is 0 Å². The van der Waals surface area contributed by atoms with E-state index in [1.54, 1.807) is 0 Å². The number of carbonyl (C=O) groups is 2. The lowest BCUT2D eigenvalue weighted by atomic mass is 10.2. The van der Waals surface area contributed by atoms with Crippen molar-refractivity contribution >= 4 is 11.9 Å². The summed E-state index contributed by atoms with van der Waals surface area (Å²) in [5.41, 5.74) is 5.85. The lowest BCUT2D eigenvalue weighted by Gasteiger charge is -2.20. The zero-order valence-corrected chi connectivity index (χ0v) is 9.77. The average Bonchev–Trinajstić information content (AvgIpc) is 2.92. The summed E-state index contributed by atoms with van der Waals surface area (Å²) >= 11 is 0. The first-order valence-corrected chi connectivity index (χ1v) is 5.61. The van der Waals surface area contributed by atoms with E-state index in [-0.39, 0.29) is 29.8 Å². The molecule has 0 aromatic rings. The fourth-order valence-corrected chi connectivity index (χ4v) is 2.13. The Bertz CT molecular complexity index is 372. The predicted octanol–water partition coefficient (Wildman–Crippen LogP) is -0.607. The van der Waals surface area contributed by atoms with E-state index in [1.807, 2.05) is 0 Å². The summed E-state index contributed by atoms with van der Waals surface area (Å²) in [4.78, 5) is 24.7. The summed E-state index contributed by atoms with van der Waals surface area (Å²) in [5, 5.41) is 0. The van der Waals surface area contributed by atoms with Crippen LogP contribution in [0.2, 0.25) is 0 Å². The Labute approximate surface area is 99.3 Å². The van der Waals surface area contributed by atoms with Crippen molar-refractivity contribution < 1.29 is 19.1 Å². The molecule has 1 atom stereocenters. The highest BCUT2D eigenvalue weighted by atomic mass is 16.5. The molecular formula is C11H16N2O4. The third-order valence-corrected chi connectivity index (χ3v) is 3.07. The monoisotopic (exact) mass is 240 g/mol. The van der Waals surface area contributed by atoms with Crippen LogP contribution in [0.25, 0.3) is 0 Å². The smallest absolute Gasteiger partial charge is 0.337 e. The number of methoxy groups -OCH3 is 1. The second-order valence-corrected chi connectivity index (χ2v) is 4.20. The number of hydrogen-bond acceptors (Lipinski definition) is 5. The quantitative estimate of drug-likeness (QED) is 0.666. The predicted molar refractivity (Wildman–Crippen MR) is 58.8 cm³/mol. The van der Waals surface area contributed by atoms with E-state index < -0.39 is 5.97 Å². The van der Waals surface area contributed by atoms with E-state index in [9.17, 15) is 9.59 Å². The van der Waals surface area contributed by atoms with Gasteiger partial charge in [0.15, 0.2) is 0 Å². The van der Waals surface area contributed by atoms with Gasteiger partial charge in [0.25, 0.3) is 5.91 Å². The highest BCUT2D eigenvalue weighted by Gasteiger charge is 2.34. The first kappa shape index (κ1) is 11.9. The van der Waals surface area contributed by atoms with Crippen molar-refractivity contribution in [3.05, 3.63) is 11.3 Å². The van der Waals surface area contributed by atoms with Crippen LogP contribution in [-0.2, 0) is 19.1 Å². The summed E-state index contributed by atoms with van der Waals surface area (Å²) in [5.74, 6) is -0.841. The Balaban J connectivity index is 2.00. The topological polar surface area (TPSA) is 81.9 Å². The minimum atomic E-state index is -0.536. The Morgan fingerprint density at radius 1 is 1.65 bits per heavy atom.